The van der Waals surface area contributed by atoms with Crippen molar-refractivity contribution >= 4 is 11.6 Å². The first-order valence-electron chi connectivity index (χ1n) is 8.16. The number of alkyl halides is 2. The third-order valence-electron chi connectivity index (χ3n) is 4.21. The van der Waals surface area contributed by atoms with Gasteiger partial charge in [-0.3, -0.25) is 4.79 Å². The van der Waals surface area contributed by atoms with Gasteiger partial charge in [0.15, 0.2) is 11.5 Å². The number of anilines is 1. The van der Waals surface area contributed by atoms with Gasteiger partial charge in [0.1, 0.15) is 5.82 Å². The molecule has 8 heteroatoms. The second kappa shape index (κ2) is 6.08. The molecule has 0 bridgehead atoms. The molecular formula is C19H15F2N3O3. The first kappa shape index (κ1) is 17.0. The van der Waals surface area contributed by atoms with E-state index in [-0.39, 0.29) is 17.4 Å². The van der Waals surface area contributed by atoms with Crippen LogP contribution in [0.4, 0.5) is 14.5 Å². The van der Waals surface area contributed by atoms with Crippen molar-refractivity contribution in [3.63, 3.8) is 0 Å². The van der Waals surface area contributed by atoms with Crippen molar-refractivity contribution in [2.75, 3.05) is 5.32 Å². The maximum Gasteiger partial charge on any atom is 0.586 e. The van der Waals surface area contributed by atoms with Crippen molar-refractivity contribution in [1.29, 1.82) is 0 Å². The number of amides is 1. The highest BCUT2D eigenvalue weighted by Crippen LogP contribution is 2.42. The van der Waals surface area contributed by atoms with Crippen molar-refractivity contribution < 1.29 is 23.0 Å². The van der Waals surface area contributed by atoms with E-state index in [1.807, 2.05) is 36.6 Å². The summed E-state index contributed by atoms with van der Waals surface area (Å²) in [6.07, 6.45) is -2.02. The highest BCUT2D eigenvalue weighted by molar-refractivity contribution is 6.05. The minimum absolute atomic E-state index is 0.0775. The van der Waals surface area contributed by atoms with E-state index in [0.29, 0.717) is 17.1 Å². The van der Waals surface area contributed by atoms with Gasteiger partial charge in [0.05, 0.1) is 5.56 Å². The smallest absolute Gasteiger partial charge is 0.395 e. The van der Waals surface area contributed by atoms with E-state index < -0.39 is 6.29 Å². The summed E-state index contributed by atoms with van der Waals surface area (Å²) < 4.78 is 36.9. The Morgan fingerprint density at radius 1 is 1.11 bits per heavy atom. The number of ether oxygens (including phenoxy) is 2. The lowest BCUT2D eigenvalue weighted by atomic mass is 10.2. The van der Waals surface area contributed by atoms with E-state index >= 15 is 0 Å². The fourth-order valence-electron chi connectivity index (χ4n) is 3.06. The Balaban J connectivity index is 1.60. The monoisotopic (exact) mass is 371 g/mol. The number of benzene rings is 1. The van der Waals surface area contributed by atoms with E-state index in [0.717, 1.165) is 11.4 Å². The number of hydrogen-bond donors (Lipinski definition) is 1. The number of nitrogens with one attached hydrogen (secondary N) is 1. The SMILES string of the molecule is Cc1cc(C(=O)Nc2ccc3c(c2)OC(F)(F)O3)c(C)n1-c1ccccn1. The summed E-state index contributed by atoms with van der Waals surface area (Å²) in [6.45, 7) is 3.69. The first-order valence-corrected chi connectivity index (χ1v) is 8.16. The summed E-state index contributed by atoms with van der Waals surface area (Å²) in [5.74, 6) is 0.135. The predicted octanol–water partition coefficient (Wildman–Crippen LogP) is 4.06. The van der Waals surface area contributed by atoms with Gasteiger partial charge in [-0.1, -0.05) is 6.07 Å². The molecule has 0 saturated heterocycles. The number of pyridine rings is 1. The molecule has 138 valence electrons. The van der Waals surface area contributed by atoms with E-state index in [9.17, 15) is 13.6 Å². The third-order valence-corrected chi connectivity index (χ3v) is 4.21. The zero-order valence-corrected chi connectivity index (χ0v) is 14.5. The van der Waals surface area contributed by atoms with Crippen molar-refractivity contribution in [3.8, 4) is 17.3 Å². The van der Waals surface area contributed by atoms with Crippen molar-refractivity contribution in [2.45, 2.75) is 20.1 Å². The fraction of sp³-hybridized carbons (Fsp3) is 0.158. The largest absolute Gasteiger partial charge is 0.586 e. The maximum absolute atomic E-state index is 13.1. The van der Waals surface area contributed by atoms with Gasteiger partial charge in [0.2, 0.25) is 0 Å². The van der Waals surface area contributed by atoms with Crippen LogP contribution in [0.15, 0.2) is 48.7 Å². The first-order chi connectivity index (χ1) is 12.8. The molecule has 1 amide bonds. The lowest BCUT2D eigenvalue weighted by Crippen LogP contribution is -2.25. The van der Waals surface area contributed by atoms with Crippen LogP contribution in [0.2, 0.25) is 0 Å². The summed E-state index contributed by atoms with van der Waals surface area (Å²) in [7, 11) is 0. The van der Waals surface area contributed by atoms with E-state index in [4.69, 9.17) is 0 Å². The minimum Gasteiger partial charge on any atom is -0.395 e. The molecule has 3 aromatic rings. The van der Waals surface area contributed by atoms with Gasteiger partial charge in [-0.05, 0) is 44.2 Å². The van der Waals surface area contributed by atoms with Gasteiger partial charge in [-0.25, -0.2) is 4.98 Å². The number of carbonyl (C=O) groups is 1. The fourth-order valence-corrected chi connectivity index (χ4v) is 3.06. The molecule has 0 unspecified atom stereocenters. The van der Waals surface area contributed by atoms with Crippen LogP contribution < -0.4 is 14.8 Å². The van der Waals surface area contributed by atoms with Crippen molar-refractivity contribution in [3.05, 3.63) is 65.6 Å². The third kappa shape index (κ3) is 3.10. The summed E-state index contributed by atoms with van der Waals surface area (Å²) >= 11 is 0. The Labute approximate surface area is 153 Å². The van der Waals surface area contributed by atoms with Gasteiger partial charge >= 0.3 is 6.29 Å². The summed E-state index contributed by atoms with van der Waals surface area (Å²) in [6, 6.07) is 11.4. The Bertz CT molecular complexity index is 1030. The predicted molar refractivity (Wildman–Crippen MR) is 93.6 cm³/mol. The van der Waals surface area contributed by atoms with E-state index in [1.54, 1.807) is 12.3 Å². The normalized spacial score (nSPS) is 14.2. The molecule has 0 spiro atoms. The van der Waals surface area contributed by atoms with Crippen LogP contribution in [0.25, 0.3) is 5.82 Å². The minimum atomic E-state index is -3.70. The average molecular weight is 371 g/mol. The van der Waals surface area contributed by atoms with Crippen LogP contribution in [0.5, 0.6) is 11.5 Å². The number of rotatable bonds is 3. The van der Waals surface area contributed by atoms with Crippen LogP contribution in [-0.4, -0.2) is 21.8 Å². The number of fused-ring (bicyclic) bond motifs is 1. The molecule has 4 rings (SSSR count). The standard InChI is InChI=1S/C19H15F2N3O3/c1-11-9-14(12(2)24(11)17-5-3-4-8-22-17)18(25)23-13-6-7-15-16(10-13)27-19(20,21)26-15/h3-10H,1-2H3,(H,23,25). The van der Waals surface area contributed by atoms with Crippen LogP contribution in [-0.2, 0) is 0 Å². The number of hydrogen-bond acceptors (Lipinski definition) is 4. The van der Waals surface area contributed by atoms with Crippen LogP contribution in [0.1, 0.15) is 21.7 Å². The van der Waals surface area contributed by atoms with Crippen molar-refractivity contribution in [2.24, 2.45) is 0 Å². The molecule has 0 fully saturated rings. The molecule has 1 N–H and O–H groups in total. The second-order valence-electron chi connectivity index (χ2n) is 6.09. The molecule has 27 heavy (non-hydrogen) atoms. The van der Waals surface area contributed by atoms with Gasteiger partial charge in [-0.15, -0.1) is 8.78 Å². The van der Waals surface area contributed by atoms with Gasteiger partial charge in [0.25, 0.3) is 5.91 Å². The molecule has 1 aliphatic heterocycles. The Morgan fingerprint density at radius 3 is 2.63 bits per heavy atom. The molecule has 0 atom stereocenters. The number of halogens is 2. The Kier molecular flexibility index (Phi) is 3.83. The number of aromatic nitrogens is 2. The lowest BCUT2D eigenvalue weighted by molar-refractivity contribution is -0.286. The topological polar surface area (TPSA) is 65.4 Å². The number of nitrogens with zero attached hydrogens (tertiary/aromatic N) is 2. The van der Waals surface area contributed by atoms with Crippen LogP contribution in [0.3, 0.4) is 0 Å². The summed E-state index contributed by atoms with van der Waals surface area (Å²) in [4.78, 5) is 17.0. The molecule has 0 aliphatic carbocycles. The highest BCUT2D eigenvalue weighted by atomic mass is 19.3. The molecule has 2 aromatic heterocycles. The van der Waals surface area contributed by atoms with Gasteiger partial charge in [0, 0.05) is 29.3 Å². The maximum atomic E-state index is 13.1. The molecule has 0 saturated carbocycles. The van der Waals surface area contributed by atoms with Crippen molar-refractivity contribution in [1.82, 2.24) is 9.55 Å². The van der Waals surface area contributed by atoms with E-state index in [1.165, 1.54) is 18.2 Å². The highest BCUT2D eigenvalue weighted by Gasteiger charge is 2.43. The zero-order valence-electron chi connectivity index (χ0n) is 14.5. The Morgan fingerprint density at radius 2 is 1.89 bits per heavy atom. The van der Waals surface area contributed by atoms with E-state index in [2.05, 4.69) is 19.8 Å². The summed E-state index contributed by atoms with van der Waals surface area (Å²) in [5, 5.41) is 2.69. The number of aryl methyl sites for hydroxylation is 1. The molecule has 1 aromatic carbocycles. The number of carbonyl (C=O) groups excluding carboxylic acids is 1. The quantitative estimate of drug-likeness (QED) is 0.754. The average Bonchev–Trinajstić information content (AvgIpc) is 3.09. The Hall–Kier alpha value is -3.42. The molecule has 0 radical (unpaired) electrons. The summed E-state index contributed by atoms with van der Waals surface area (Å²) in [5.41, 5.74) is 2.35. The van der Waals surface area contributed by atoms with Gasteiger partial charge in [-0.2, -0.15) is 0 Å². The molecule has 3 heterocycles. The lowest BCUT2D eigenvalue weighted by Gasteiger charge is -2.09. The molecule has 6 nitrogen and oxygen atoms in total. The second-order valence-corrected chi connectivity index (χ2v) is 6.09. The van der Waals surface area contributed by atoms with Crippen LogP contribution >= 0.6 is 0 Å². The molecular weight excluding hydrogens is 356 g/mol. The molecule has 1 aliphatic rings. The van der Waals surface area contributed by atoms with Crippen LogP contribution in [0, 0.1) is 13.8 Å². The van der Waals surface area contributed by atoms with Gasteiger partial charge < -0.3 is 19.4 Å². The zero-order chi connectivity index (χ0) is 19.2.